The van der Waals surface area contributed by atoms with Crippen LogP contribution in [0.4, 0.5) is 0 Å². The zero-order chi connectivity index (χ0) is 15.0. The summed E-state index contributed by atoms with van der Waals surface area (Å²) in [6.07, 6.45) is 3.58. The van der Waals surface area contributed by atoms with Gasteiger partial charge in [0, 0.05) is 17.8 Å². The van der Waals surface area contributed by atoms with E-state index in [1.165, 1.54) is 11.8 Å². The van der Waals surface area contributed by atoms with E-state index in [2.05, 4.69) is 36.9 Å². The van der Waals surface area contributed by atoms with E-state index < -0.39 is 0 Å². The first-order valence-electron chi connectivity index (χ1n) is 6.76. The fourth-order valence-corrected chi connectivity index (χ4v) is 2.89. The maximum absolute atomic E-state index is 9.91. The fraction of sp³-hybridized carbons (Fsp3) is 0.250. The molecule has 0 aliphatic rings. The van der Waals surface area contributed by atoms with Crippen LogP contribution in [0.25, 0.3) is 5.52 Å². The summed E-state index contributed by atoms with van der Waals surface area (Å²) < 4.78 is 1.84. The van der Waals surface area contributed by atoms with Crippen LogP contribution in [0.2, 0.25) is 0 Å². The maximum Gasteiger partial charge on any atom is 0.129 e. The molecule has 0 aliphatic carbocycles. The average molecular weight is 299 g/mol. The number of rotatable bonds is 2. The van der Waals surface area contributed by atoms with Crippen LogP contribution in [0, 0.1) is 0 Å². The lowest BCUT2D eigenvalue weighted by Crippen LogP contribution is -2.11. The quantitative estimate of drug-likeness (QED) is 0.780. The van der Waals surface area contributed by atoms with Crippen molar-refractivity contribution >= 4 is 17.3 Å². The Morgan fingerprint density at radius 3 is 2.67 bits per heavy atom. The molecule has 2 aromatic heterocycles. The number of nitrogens with zero attached hydrogens (tertiary/aromatic N) is 3. The van der Waals surface area contributed by atoms with Crippen molar-refractivity contribution in [1.82, 2.24) is 14.6 Å². The number of para-hydroxylation sites is 1. The number of phenols is 1. The Morgan fingerprint density at radius 2 is 1.95 bits per heavy atom. The van der Waals surface area contributed by atoms with E-state index in [-0.39, 0.29) is 11.2 Å². The SMILES string of the molecule is CC(C)(C)c1cc2c(Sc3ccccc3O)nccn2n1. The van der Waals surface area contributed by atoms with Crippen molar-refractivity contribution in [2.75, 3.05) is 0 Å². The van der Waals surface area contributed by atoms with Gasteiger partial charge in [-0.1, -0.05) is 44.7 Å². The third kappa shape index (κ3) is 2.74. The van der Waals surface area contributed by atoms with Crippen LogP contribution in [0.1, 0.15) is 26.5 Å². The smallest absolute Gasteiger partial charge is 0.129 e. The second kappa shape index (κ2) is 5.07. The third-order valence-corrected chi connectivity index (χ3v) is 4.27. The minimum absolute atomic E-state index is 0.0111. The standard InChI is InChI=1S/C16H17N3OS/c1-16(2,3)14-10-11-15(17-8-9-19(11)18-14)21-13-7-5-4-6-12(13)20/h4-10,20H,1-3H3. The molecule has 108 valence electrons. The second-order valence-electron chi connectivity index (χ2n) is 5.91. The first-order valence-corrected chi connectivity index (χ1v) is 7.57. The number of hydrogen-bond donors (Lipinski definition) is 1. The van der Waals surface area contributed by atoms with E-state index in [4.69, 9.17) is 0 Å². The van der Waals surface area contributed by atoms with Crippen molar-refractivity contribution in [3.63, 3.8) is 0 Å². The lowest BCUT2D eigenvalue weighted by Gasteiger charge is -2.13. The molecule has 2 heterocycles. The summed E-state index contributed by atoms with van der Waals surface area (Å²) in [5, 5.41) is 15.4. The van der Waals surface area contributed by atoms with E-state index in [9.17, 15) is 5.11 Å². The highest BCUT2D eigenvalue weighted by Crippen LogP contribution is 2.35. The molecule has 0 aliphatic heterocycles. The van der Waals surface area contributed by atoms with Crippen molar-refractivity contribution in [2.24, 2.45) is 0 Å². The predicted octanol–water partition coefficient (Wildman–Crippen LogP) is 3.88. The number of hydrogen-bond acceptors (Lipinski definition) is 4. The molecule has 21 heavy (non-hydrogen) atoms. The molecule has 0 saturated carbocycles. The summed E-state index contributed by atoms with van der Waals surface area (Å²) in [7, 11) is 0. The number of fused-ring (bicyclic) bond motifs is 1. The van der Waals surface area contributed by atoms with Gasteiger partial charge in [-0.05, 0) is 18.2 Å². The van der Waals surface area contributed by atoms with Gasteiger partial charge >= 0.3 is 0 Å². The van der Waals surface area contributed by atoms with Crippen molar-refractivity contribution in [3.05, 3.63) is 48.4 Å². The summed E-state index contributed by atoms with van der Waals surface area (Å²) in [6, 6.07) is 9.34. The van der Waals surface area contributed by atoms with Gasteiger partial charge in [0.2, 0.25) is 0 Å². The number of benzene rings is 1. The summed E-state index contributed by atoms with van der Waals surface area (Å²) >= 11 is 1.45. The summed E-state index contributed by atoms with van der Waals surface area (Å²) in [5.41, 5.74) is 1.97. The Hall–Kier alpha value is -2.01. The van der Waals surface area contributed by atoms with Gasteiger partial charge in [0.25, 0.3) is 0 Å². The van der Waals surface area contributed by atoms with Gasteiger partial charge in [0.15, 0.2) is 0 Å². The molecule has 0 atom stereocenters. The Labute approximate surface area is 127 Å². The molecular formula is C16H17N3OS. The fourth-order valence-electron chi connectivity index (χ4n) is 1.99. The molecule has 0 spiro atoms. The van der Waals surface area contributed by atoms with Crippen molar-refractivity contribution in [2.45, 2.75) is 36.1 Å². The highest BCUT2D eigenvalue weighted by molar-refractivity contribution is 7.99. The van der Waals surface area contributed by atoms with Crippen molar-refractivity contribution in [1.29, 1.82) is 0 Å². The zero-order valence-electron chi connectivity index (χ0n) is 12.2. The van der Waals surface area contributed by atoms with E-state index in [0.29, 0.717) is 0 Å². The largest absolute Gasteiger partial charge is 0.507 e. The van der Waals surface area contributed by atoms with Crippen LogP contribution in [-0.2, 0) is 5.41 Å². The molecule has 0 fully saturated rings. The predicted molar refractivity (Wildman–Crippen MR) is 83.9 cm³/mol. The Morgan fingerprint density at radius 1 is 1.19 bits per heavy atom. The van der Waals surface area contributed by atoms with E-state index >= 15 is 0 Å². The summed E-state index contributed by atoms with van der Waals surface area (Å²) in [5.74, 6) is 0.266. The summed E-state index contributed by atoms with van der Waals surface area (Å²) in [6.45, 7) is 6.41. The molecule has 0 saturated heterocycles. The molecule has 1 N–H and O–H groups in total. The number of aromatic nitrogens is 3. The minimum atomic E-state index is -0.0111. The molecule has 0 radical (unpaired) electrons. The van der Waals surface area contributed by atoms with Crippen LogP contribution in [0.5, 0.6) is 5.75 Å². The monoisotopic (exact) mass is 299 g/mol. The van der Waals surface area contributed by atoms with Gasteiger partial charge in [-0.25, -0.2) is 9.50 Å². The molecule has 3 rings (SSSR count). The molecular weight excluding hydrogens is 282 g/mol. The van der Waals surface area contributed by atoms with Gasteiger partial charge in [0.1, 0.15) is 10.8 Å². The first-order chi connectivity index (χ1) is 9.95. The molecule has 0 amide bonds. The van der Waals surface area contributed by atoms with E-state index in [1.54, 1.807) is 12.3 Å². The Balaban J connectivity index is 2.07. The van der Waals surface area contributed by atoms with Crippen molar-refractivity contribution < 1.29 is 5.11 Å². The van der Waals surface area contributed by atoms with Crippen LogP contribution in [-0.4, -0.2) is 19.7 Å². The number of aromatic hydroxyl groups is 1. The van der Waals surface area contributed by atoms with E-state index in [0.717, 1.165) is 21.1 Å². The molecule has 3 aromatic rings. The van der Waals surface area contributed by atoms with E-state index in [1.807, 2.05) is 28.9 Å². The molecule has 0 unspecified atom stereocenters. The lowest BCUT2D eigenvalue weighted by atomic mass is 9.92. The summed E-state index contributed by atoms with van der Waals surface area (Å²) in [4.78, 5) is 5.22. The van der Waals surface area contributed by atoms with Crippen LogP contribution in [0.15, 0.2) is 52.6 Å². The Kier molecular flexibility index (Phi) is 3.37. The van der Waals surface area contributed by atoms with Crippen LogP contribution in [0.3, 0.4) is 0 Å². The topological polar surface area (TPSA) is 50.4 Å². The normalized spacial score (nSPS) is 12.0. The van der Waals surface area contributed by atoms with Crippen molar-refractivity contribution in [3.8, 4) is 5.75 Å². The molecule has 1 aromatic carbocycles. The molecule has 4 nitrogen and oxygen atoms in total. The van der Waals surface area contributed by atoms with Crippen LogP contribution < -0.4 is 0 Å². The average Bonchev–Trinajstić information content (AvgIpc) is 2.86. The lowest BCUT2D eigenvalue weighted by molar-refractivity contribution is 0.462. The zero-order valence-corrected chi connectivity index (χ0v) is 13.1. The third-order valence-electron chi connectivity index (χ3n) is 3.19. The molecule has 0 bridgehead atoms. The van der Waals surface area contributed by atoms with Gasteiger partial charge in [-0.15, -0.1) is 0 Å². The Bertz CT molecular complexity index is 790. The van der Waals surface area contributed by atoms with Gasteiger partial charge in [0.05, 0.1) is 16.1 Å². The second-order valence-corrected chi connectivity index (χ2v) is 6.94. The first kappa shape index (κ1) is 13.9. The highest BCUT2D eigenvalue weighted by Gasteiger charge is 2.19. The maximum atomic E-state index is 9.91. The van der Waals surface area contributed by atoms with Gasteiger partial charge < -0.3 is 5.11 Å². The highest BCUT2D eigenvalue weighted by atomic mass is 32.2. The van der Waals surface area contributed by atoms with Gasteiger partial charge in [-0.3, -0.25) is 0 Å². The minimum Gasteiger partial charge on any atom is -0.507 e. The van der Waals surface area contributed by atoms with Crippen LogP contribution >= 0.6 is 11.8 Å². The molecule has 5 heteroatoms. The number of phenolic OH excluding ortho intramolecular Hbond substituents is 1. The van der Waals surface area contributed by atoms with Gasteiger partial charge in [-0.2, -0.15) is 5.10 Å².